The number of benzene rings is 2. The molecule has 0 aliphatic carbocycles. The fourth-order valence-corrected chi connectivity index (χ4v) is 2.67. The Morgan fingerprint density at radius 2 is 1.84 bits per heavy atom. The van der Waals surface area contributed by atoms with Gasteiger partial charge in [-0.25, -0.2) is 4.98 Å². The average Bonchev–Trinajstić information content (AvgIpc) is 2.61. The fourth-order valence-electron chi connectivity index (χ4n) is 2.67. The van der Waals surface area contributed by atoms with Crippen molar-refractivity contribution < 1.29 is 4.79 Å². The van der Waals surface area contributed by atoms with Crippen molar-refractivity contribution in [3.05, 3.63) is 65.2 Å². The van der Waals surface area contributed by atoms with Crippen molar-refractivity contribution in [1.29, 1.82) is 0 Å². The Morgan fingerprint density at radius 3 is 2.64 bits per heavy atom. The molecule has 128 valence electrons. The van der Waals surface area contributed by atoms with E-state index in [1.165, 1.54) is 10.9 Å². The Labute approximate surface area is 145 Å². The summed E-state index contributed by atoms with van der Waals surface area (Å²) in [6.07, 6.45) is 1.69. The molecule has 25 heavy (non-hydrogen) atoms. The fraction of sp³-hybridized carbons (Fsp3) is 0.211. The Bertz CT molecular complexity index is 963. The summed E-state index contributed by atoms with van der Waals surface area (Å²) < 4.78 is 1.47. The molecule has 1 N–H and O–H groups in total. The summed E-state index contributed by atoms with van der Waals surface area (Å²) in [6.45, 7) is 0.284. The molecule has 1 amide bonds. The minimum Gasteiger partial charge on any atom is -0.376 e. The van der Waals surface area contributed by atoms with Crippen molar-refractivity contribution in [1.82, 2.24) is 9.55 Å². The molecule has 0 radical (unpaired) electrons. The van der Waals surface area contributed by atoms with Crippen molar-refractivity contribution in [2.45, 2.75) is 13.0 Å². The zero-order valence-electron chi connectivity index (χ0n) is 14.3. The maximum Gasteiger partial charge on any atom is 0.261 e. The van der Waals surface area contributed by atoms with Gasteiger partial charge < -0.3 is 10.2 Å². The van der Waals surface area contributed by atoms with Gasteiger partial charge in [0.2, 0.25) is 5.91 Å². The molecular formula is C19H20N4O2. The third-order valence-electron chi connectivity index (χ3n) is 3.97. The first-order valence-corrected chi connectivity index (χ1v) is 8.06. The van der Waals surface area contributed by atoms with E-state index < -0.39 is 0 Å². The van der Waals surface area contributed by atoms with Crippen LogP contribution in [-0.4, -0.2) is 29.6 Å². The van der Waals surface area contributed by atoms with Crippen LogP contribution in [0.3, 0.4) is 0 Å². The topological polar surface area (TPSA) is 67.2 Å². The molecule has 0 saturated carbocycles. The Morgan fingerprint density at radius 1 is 1.12 bits per heavy atom. The monoisotopic (exact) mass is 336 g/mol. The first-order chi connectivity index (χ1) is 12.1. The molecule has 0 aliphatic rings. The third kappa shape index (κ3) is 3.68. The molecule has 0 bridgehead atoms. The number of fused-ring (bicyclic) bond motifs is 1. The summed E-state index contributed by atoms with van der Waals surface area (Å²) in [4.78, 5) is 30.9. The highest BCUT2D eigenvalue weighted by atomic mass is 16.2. The quantitative estimate of drug-likeness (QED) is 0.777. The largest absolute Gasteiger partial charge is 0.376 e. The lowest BCUT2D eigenvalue weighted by atomic mass is 10.2. The van der Waals surface area contributed by atoms with Crippen LogP contribution in [0.2, 0.25) is 0 Å². The summed E-state index contributed by atoms with van der Waals surface area (Å²) in [7, 11) is 3.84. The zero-order valence-corrected chi connectivity index (χ0v) is 14.3. The average molecular weight is 336 g/mol. The summed E-state index contributed by atoms with van der Waals surface area (Å²) in [5.74, 6) is -0.144. The van der Waals surface area contributed by atoms with E-state index in [9.17, 15) is 9.59 Å². The second-order valence-electron chi connectivity index (χ2n) is 5.97. The predicted octanol–water partition coefficient (Wildman–Crippen LogP) is 2.49. The highest BCUT2D eigenvalue weighted by Crippen LogP contribution is 2.23. The molecule has 0 aliphatic heterocycles. The molecule has 0 saturated heterocycles. The minimum absolute atomic E-state index is 0.132. The van der Waals surface area contributed by atoms with Crippen LogP contribution in [0, 0.1) is 0 Å². The van der Waals surface area contributed by atoms with Gasteiger partial charge in [0.15, 0.2) is 0 Å². The molecule has 6 nitrogen and oxygen atoms in total. The van der Waals surface area contributed by atoms with E-state index in [1.54, 1.807) is 18.2 Å². The minimum atomic E-state index is -0.144. The van der Waals surface area contributed by atoms with Crippen LogP contribution in [0.5, 0.6) is 0 Å². The number of para-hydroxylation sites is 3. The lowest BCUT2D eigenvalue weighted by Gasteiger charge is -2.17. The molecule has 6 heteroatoms. The molecule has 1 aromatic heterocycles. The van der Waals surface area contributed by atoms with E-state index in [1.807, 2.05) is 49.3 Å². The molecular weight excluding hydrogens is 316 g/mol. The van der Waals surface area contributed by atoms with Gasteiger partial charge in [-0.3, -0.25) is 14.2 Å². The van der Waals surface area contributed by atoms with E-state index in [2.05, 4.69) is 10.3 Å². The van der Waals surface area contributed by atoms with Crippen LogP contribution in [-0.2, 0) is 11.3 Å². The Kier molecular flexibility index (Phi) is 4.79. The van der Waals surface area contributed by atoms with Gasteiger partial charge in [0.05, 0.1) is 28.6 Å². The predicted molar refractivity (Wildman–Crippen MR) is 100 cm³/mol. The van der Waals surface area contributed by atoms with Gasteiger partial charge in [0, 0.05) is 27.1 Å². The Hall–Kier alpha value is -3.15. The normalized spacial score (nSPS) is 10.6. The number of rotatable bonds is 5. The number of hydrogen-bond donors (Lipinski definition) is 1. The van der Waals surface area contributed by atoms with Gasteiger partial charge in [-0.05, 0) is 24.3 Å². The lowest BCUT2D eigenvalue weighted by Crippen LogP contribution is -2.24. The van der Waals surface area contributed by atoms with Crippen LogP contribution in [0.25, 0.3) is 10.9 Å². The number of carbonyl (C=O) groups excluding carboxylic acids is 1. The molecule has 1 heterocycles. The Balaban J connectivity index is 1.71. The maximum absolute atomic E-state index is 12.4. The van der Waals surface area contributed by atoms with Crippen molar-refractivity contribution in [2.24, 2.45) is 0 Å². The molecule has 3 rings (SSSR count). The first-order valence-electron chi connectivity index (χ1n) is 8.06. The number of nitrogens with one attached hydrogen (secondary N) is 1. The van der Waals surface area contributed by atoms with Gasteiger partial charge in [-0.15, -0.1) is 0 Å². The van der Waals surface area contributed by atoms with Crippen LogP contribution in [0.4, 0.5) is 11.4 Å². The third-order valence-corrected chi connectivity index (χ3v) is 3.97. The smallest absolute Gasteiger partial charge is 0.261 e. The van der Waals surface area contributed by atoms with Crippen molar-refractivity contribution in [2.75, 3.05) is 24.3 Å². The van der Waals surface area contributed by atoms with E-state index in [-0.39, 0.29) is 24.4 Å². The van der Waals surface area contributed by atoms with Crippen LogP contribution >= 0.6 is 0 Å². The van der Waals surface area contributed by atoms with Gasteiger partial charge in [0.1, 0.15) is 0 Å². The van der Waals surface area contributed by atoms with E-state index in [0.29, 0.717) is 10.9 Å². The number of amides is 1. The summed E-state index contributed by atoms with van der Waals surface area (Å²) in [5.41, 5.74) is 2.21. The van der Waals surface area contributed by atoms with Crippen LogP contribution in [0.15, 0.2) is 59.7 Å². The van der Waals surface area contributed by atoms with E-state index in [4.69, 9.17) is 0 Å². The molecule has 3 aromatic rings. The van der Waals surface area contributed by atoms with E-state index in [0.717, 1.165) is 11.4 Å². The molecule has 0 unspecified atom stereocenters. The molecule has 2 aromatic carbocycles. The maximum atomic E-state index is 12.4. The number of carbonyl (C=O) groups is 1. The van der Waals surface area contributed by atoms with Crippen molar-refractivity contribution >= 4 is 28.2 Å². The molecule has 0 atom stereocenters. The highest BCUT2D eigenvalue weighted by molar-refractivity contribution is 5.94. The van der Waals surface area contributed by atoms with Crippen molar-refractivity contribution in [3.63, 3.8) is 0 Å². The SMILES string of the molecule is CN(C)c1ccccc1NC(=O)CCn1cnc2ccccc2c1=O. The lowest BCUT2D eigenvalue weighted by molar-refractivity contribution is -0.116. The van der Waals surface area contributed by atoms with Crippen LogP contribution in [0.1, 0.15) is 6.42 Å². The summed E-state index contributed by atoms with van der Waals surface area (Å²) in [5, 5.41) is 3.46. The molecule has 0 fully saturated rings. The second kappa shape index (κ2) is 7.17. The van der Waals surface area contributed by atoms with E-state index >= 15 is 0 Å². The zero-order chi connectivity index (χ0) is 17.8. The number of anilines is 2. The number of nitrogens with zero attached hydrogens (tertiary/aromatic N) is 3. The van der Waals surface area contributed by atoms with Gasteiger partial charge in [-0.2, -0.15) is 0 Å². The summed E-state index contributed by atoms with van der Waals surface area (Å²) in [6, 6.07) is 14.8. The molecule has 0 spiro atoms. The first kappa shape index (κ1) is 16.7. The van der Waals surface area contributed by atoms with Gasteiger partial charge in [-0.1, -0.05) is 24.3 Å². The standard InChI is InChI=1S/C19H20N4O2/c1-22(2)17-10-6-5-9-16(17)21-18(24)11-12-23-13-20-15-8-4-3-7-14(15)19(23)25/h3-10,13H,11-12H2,1-2H3,(H,21,24). The highest BCUT2D eigenvalue weighted by Gasteiger charge is 2.09. The van der Waals surface area contributed by atoms with Crippen molar-refractivity contribution in [3.8, 4) is 0 Å². The summed E-state index contributed by atoms with van der Waals surface area (Å²) >= 11 is 0. The van der Waals surface area contributed by atoms with Gasteiger partial charge in [0.25, 0.3) is 5.56 Å². The van der Waals surface area contributed by atoms with Crippen LogP contribution < -0.4 is 15.8 Å². The number of aryl methyl sites for hydroxylation is 1. The number of hydrogen-bond acceptors (Lipinski definition) is 4. The second-order valence-corrected chi connectivity index (χ2v) is 5.97. The number of aromatic nitrogens is 2. The van der Waals surface area contributed by atoms with Gasteiger partial charge >= 0.3 is 0 Å².